The highest BCUT2D eigenvalue weighted by atomic mass is 13.8. The molecule has 11 heavy (non-hydrogen) atoms. The second-order valence-corrected chi connectivity index (χ2v) is 2.33. The first-order valence-corrected chi connectivity index (χ1v) is 4.12. The van der Waals surface area contributed by atoms with Crippen LogP contribution in [0.4, 0.5) is 0 Å². The third kappa shape index (κ3) is 9.22. The van der Waals surface area contributed by atoms with Crippen molar-refractivity contribution in [3.05, 3.63) is 43.9 Å². The van der Waals surface area contributed by atoms with Gasteiger partial charge in [-0.2, -0.15) is 0 Å². The summed E-state index contributed by atoms with van der Waals surface area (Å²) in [6, 6.07) is 0. The van der Waals surface area contributed by atoms with Crippen molar-refractivity contribution in [2.75, 3.05) is 0 Å². The highest BCUT2D eigenvalue weighted by Gasteiger charge is 1.74. The molecular formula is C11H17. The predicted octanol–water partition coefficient (Wildman–Crippen LogP) is 3.68. The molecular weight excluding hydrogens is 132 g/mol. The van der Waals surface area contributed by atoms with Gasteiger partial charge in [-0.25, -0.2) is 0 Å². The van der Waals surface area contributed by atoms with Crippen molar-refractivity contribution in [3.63, 3.8) is 0 Å². The van der Waals surface area contributed by atoms with E-state index in [0.717, 1.165) is 25.7 Å². The van der Waals surface area contributed by atoms with Crippen molar-refractivity contribution in [1.82, 2.24) is 0 Å². The molecule has 61 valence electrons. The second kappa shape index (κ2) is 9.22. The third-order valence-corrected chi connectivity index (χ3v) is 1.30. The van der Waals surface area contributed by atoms with Crippen LogP contribution in [-0.4, -0.2) is 0 Å². The molecule has 0 aliphatic rings. The molecule has 0 amide bonds. The Hall–Kier alpha value is -0.780. The zero-order valence-electron chi connectivity index (χ0n) is 7.13. The lowest BCUT2D eigenvalue weighted by Gasteiger charge is -1.85. The molecule has 0 aromatic carbocycles. The zero-order chi connectivity index (χ0) is 8.36. The van der Waals surface area contributed by atoms with Crippen LogP contribution in [0.2, 0.25) is 0 Å². The number of hydrogen-bond donors (Lipinski definition) is 0. The highest BCUT2D eigenvalue weighted by Crippen LogP contribution is 1.95. The molecule has 0 aliphatic carbocycles. The second-order valence-electron chi connectivity index (χ2n) is 2.33. The van der Waals surface area contributed by atoms with E-state index < -0.39 is 0 Å². The van der Waals surface area contributed by atoms with Crippen molar-refractivity contribution in [2.45, 2.75) is 25.7 Å². The molecule has 0 saturated heterocycles. The third-order valence-electron chi connectivity index (χ3n) is 1.30. The van der Waals surface area contributed by atoms with E-state index in [9.17, 15) is 0 Å². The Bertz CT molecular complexity index is 129. The monoisotopic (exact) mass is 149 g/mol. The van der Waals surface area contributed by atoms with Crippen molar-refractivity contribution in [1.29, 1.82) is 0 Å². The van der Waals surface area contributed by atoms with Gasteiger partial charge in [0.2, 0.25) is 0 Å². The average molecular weight is 149 g/mol. The number of allylic oxidation sites excluding steroid dienone is 5. The number of hydrogen-bond acceptors (Lipinski definition) is 0. The molecule has 0 spiro atoms. The summed E-state index contributed by atoms with van der Waals surface area (Å²) in [5.74, 6) is 0. The average Bonchev–Trinajstić information content (AvgIpc) is 2.03. The van der Waals surface area contributed by atoms with Crippen LogP contribution in [0.15, 0.2) is 37.0 Å². The Morgan fingerprint density at radius 1 is 0.909 bits per heavy atom. The summed E-state index contributed by atoms with van der Waals surface area (Å²) < 4.78 is 0. The van der Waals surface area contributed by atoms with Gasteiger partial charge < -0.3 is 0 Å². The van der Waals surface area contributed by atoms with Crippen LogP contribution in [0.25, 0.3) is 0 Å². The Morgan fingerprint density at radius 3 is 2.09 bits per heavy atom. The van der Waals surface area contributed by atoms with E-state index >= 15 is 0 Å². The molecule has 0 aliphatic heterocycles. The summed E-state index contributed by atoms with van der Waals surface area (Å²) in [4.78, 5) is 0. The standard InChI is InChI=1S/C11H17/c1-3-5-7-9-11-10-8-6-4-2/h3,6-9H,1-2,4-5,10-11H2. The summed E-state index contributed by atoms with van der Waals surface area (Å²) in [5, 5.41) is 0. The normalized spacial score (nSPS) is 11.4. The molecule has 0 bridgehead atoms. The van der Waals surface area contributed by atoms with E-state index in [1.54, 1.807) is 0 Å². The van der Waals surface area contributed by atoms with Crippen molar-refractivity contribution >= 4 is 0 Å². The van der Waals surface area contributed by atoms with Crippen LogP contribution < -0.4 is 0 Å². The van der Waals surface area contributed by atoms with Crippen LogP contribution in [0.5, 0.6) is 0 Å². The Kier molecular flexibility index (Phi) is 8.57. The van der Waals surface area contributed by atoms with Gasteiger partial charge in [-0.15, -0.1) is 6.58 Å². The van der Waals surface area contributed by atoms with Crippen LogP contribution in [0, 0.1) is 6.92 Å². The van der Waals surface area contributed by atoms with Gasteiger partial charge in [0.05, 0.1) is 0 Å². The summed E-state index contributed by atoms with van der Waals surface area (Å²) >= 11 is 0. The summed E-state index contributed by atoms with van der Waals surface area (Å²) in [6.07, 6.45) is 14.7. The Morgan fingerprint density at radius 2 is 1.55 bits per heavy atom. The van der Waals surface area contributed by atoms with Gasteiger partial charge in [0.15, 0.2) is 0 Å². The minimum Gasteiger partial charge on any atom is -0.103 e. The first-order chi connectivity index (χ1) is 5.41. The van der Waals surface area contributed by atoms with Crippen molar-refractivity contribution in [3.8, 4) is 0 Å². The lowest BCUT2D eigenvalue weighted by molar-refractivity contribution is 1.04. The van der Waals surface area contributed by atoms with Gasteiger partial charge in [0, 0.05) is 0 Å². The predicted molar refractivity (Wildman–Crippen MR) is 52.3 cm³/mol. The van der Waals surface area contributed by atoms with Crippen LogP contribution in [0.3, 0.4) is 0 Å². The van der Waals surface area contributed by atoms with Gasteiger partial charge in [-0.3, -0.25) is 0 Å². The fraction of sp³-hybridized carbons (Fsp3) is 0.364. The maximum atomic E-state index is 3.71. The summed E-state index contributed by atoms with van der Waals surface area (Å²) in [5.41, 5.74) is 0. The highest BCUT2D eigenvalue weighted by molar-refractivity contribution is 4.91. The largest absolute Gasteiger partial charge is 0.103 e. The minimum absolute atomic E-state index is 0.899. The van der Waals surface area contributed by atoms with E-state index in [1.807, 2.05) is 6.08 Å². The van der Waals surface area contributed by atoms with E-state index in [1.165, 1.54) is 0 Å². The van der Waals surface area contributed by atoms with Gasteiger partial charge in [-0.05, 0) is 32.6 Å². The Balaban J connectivity index is 3.12. The summed E-state index contributed by atoms with van der Waals surface area (Å²) in [7, 11) is 0. The first-order valence-electron chi connectivity index (χ1n) is 4.12. The molecule has 0 unspecified atom stereocenters. The molecule has 0 saturated carbocycles. The van der Waals surface area contributed by atoms with Gasteiger partial charge in [0.1, 0.15) is 0 Å². The zero-order valence-corrected chi connectivity index (χ0v) is 7.13. The molecule has 0 rings (SSSR count). The van der Waals surface area contributed by atoms with Crippen LogP contribution >= 0.6 is 0 Å². The fourth-order valence-electron chi connectivity index (χ4n) is 0.738. The van der Waals surface area contributed by atoms with Gasteiger partial charge in [-0.1, -0.05) is 30.4 Å². The van der Waals surface area contributed by atoms with Gasteiger partial charge >= 0.3 is 0 Å². The maximum absolute atomic E-state index is 3.71. The van der Waals surface area contributed by atoms with E-state index in [2.05, 4.69) is 37.8 Å². The molecule has 0 N–H and O–H groups in total. The molecule has 0 aromatic rings. The minimum atomic E-state index is 0.899. The number of rotatable bonds is 6. The maximum Gasteiger partial charge on any atom is -0.0172 e. The van der Waals surface area contributed by atoms with E-state index in [4.69, 9.17) is 0 Å². The fourth-order valence-corrected chi connectivity index (χ4v) is 0.738. The molecule has 0 atom stereocenters. The molecule has 0 heterocycles. The number of unbranched alkanes of at least 4 members (excludes halogenated alkanes) is 1. The SMILES string of the molecule is [CH2]CC=CCCC=CCC=C. The Labute approximate surface area is 70.3 Å². The van der Waals surface area contributed by atoms with Crippen molar-refractivity contribution < 1.29 is 0 Å². The lowest BCUT2D eigenvalue weighted by Crippen LogP contribution is -1.64. The van der Waals surface area contributed by atoms with Gasteiger partial charge in [0.25, 0.3) is 0 Å². The first kappa shape index (κ1) is 10.2. The quantitative estimate of drug-likeness (QED) is 0.399. The van der Waals surface area contributed by atoms with E-state index in [-0.39, 0.29) is 0 Å². The van der Waals surface area contributed by atoms with Crippen LogP contribution in [0.1, 0.15) is 25.7 Å². The van der Waals surface area contributed by atoms with Crippen LogP contribution in [-0.2, 0) is 0 Å². The smallest absolute Gasteiger partial charge is 0.0172 e. The molecule has 0 nitrogen and oxygen atoms in total. The lowest BCUT2D eigenvalue weighted by atomic mass is 10.2. The molecule has 0 fully saturated rings. The molecule has 0 heteroatoms. The summed E-state index contributed by atoms with van der Waals surface area (Å²) in [6.45, 7) is 7.35. The molecule has 1 radical (unpaired) electrons. The van der Waals surface area contributed by atoms with E-state index in [0.29, 0.717) is 0 Å². The van der Waals surface area contributed by atoms with Crippen molar-refractivity contribution in [2.24, 2.45) is 0 Å². The molecule has 0 aromatic heterocycles. The topological polar surface area (TPSA) is 0 Å².